The molecule has 2 aliphatic rings. The molecule has 23 heavy (non-hydrogen) atoms. The highest BCUT2D eigenvalue weighted by Crippen LogP contribution is 2.38. The van der Waals surface area contributed by atoms with Crippen LogP contribution in [0.5, 0.6) is 0 Å². The molecular formula is C20H22N2O. The number of para-hydroxylation sites is 2. The number of hydrogen-bond donors (Lipinski definition) is 1. The van der Waals surface area contributed by atoms with Crippen LogP contribution in [-0.2, 0) is 11.2 Å². The van der Waals surface area contributed by atoms with Crippen LogP contribution in [-0.4, -0.2) is 18.5 Å². The fourth-order valence-electron chi connectivity index (χ4n) is 3.89. The van der Waals surface area contributed by atoms with Crippen LogP contribution in [0.15, 0.2) is 54.6 Å². The second-order valence-corrected chi connectivity index (χ2v) is 6.53. The fraction of sp³-hybridized carbons (Fsp3) is 0.350. The van der Waals surface area contributed by atoms with Gasteiger partial charge < -0.3 is 10.2 Å². The van der Waals surface area contributed by atoms with E-state index in [-0.39, 0.29) is 5.92 Å². The molecule has 1 amide bonds. The van der Waals surface area contributed by atoms with Crippen LogP contribution in [0.3, 0.4) is 0 Å². The molecule has 4 rings (SSSR count). The van der Waals surface area contributed by atoms with E-state index < -0.39 is 0 Å². The summed E-state index contributed by atoms with van der Waals surface area (Å²) in [6.07, 6.45) is 4.13. The van der Waals surface area contributed by atoms with Crippen LogP contribution in [0.4, 0.5) is 11.4 Å². The highest BCUT2D eigenvalue weighted by Gasteiger charge is 2.39. The summed E-state index contributed by atoms with van der Waals surface area (Å²) in [6.45, 7) is 0.741. The maximum atomic E-state index is 13.1. The normalized spacial score (nSPS) is 23.0. The van der Waals surface area contributed by atoms with Crippen molar-refractivity contribution in [2.75, 3.05) is 16.8 Å². The van der Waals surface area contributed by atoms with Crippen LogP contribution in [0.1, 0.15) is 24.8 Å². The van der Waals surface area contributed by atoms with Gasteiger partial charge >= 0.3 is 0 Å². The lowest BCUT2D eigenvalue weighted by molar-refractivity contribution is -0.122. The van der Waals surface area contributed by atoms with Crippen LogP contribution >= 0.6 is 0 Å². The van der Waals surface area contributed by atoms with Gasteiger partial charge in [-0.2, -0.15) is 0 Å². The maximum Gasteiger partial charge on any atom is 0.232 e. The van der Waals surface area contributed by atoms with Gasteiger partial charge in [0.1, 0.15) is 0 Å². The number of nitrogens with zero attached hydrogens (tertiary/aromatic N) is 1. The predicted octanol–water partition coefficient (Wildman–Crippen LogP) is 3.86. The minimum Gasteiger partial charge on any atom is -0.380 e. The lowest BCUT2D eigenvalue weighted by atomic mass is 10.0. The molecule has 0 saturated heterocycles. The van der Waals surface area contributed by atoms with Gasteiger partial charge in [-0.25, -0.2) is 0 Å². The Morgan fingerprint density at radius 1 is 1.00 bits per heavy atom. The number of anilines is 2. The number of rotatable bonds is 3. The van der Waals surface area contributed by atoms with Crippen LogP contribution in [0.2, 0.25) is 0 Å². The number of amides is 1. The van der Waals surface area contributed by atoms with E-state index in [4.69, 9.17) is 0 Å². The van der Waals surface area contributed by atoms with Crippen molar-refractivity contribution in [3.05, 3.63) is 60.2 Å². The van der Waals surface area contributed by atoms with E-state index in [0.717, 1.165) is 43.6 Å². The average molecular weight is 306 g/mol. The van der Waals surface area contributed by atoms with Crippen molar-refractivity contribution >= 4 is 17.3 Å². The molecule has 0 spiro atoms. The Kier molecular flexibility index (Phi) is 3.78. The summed E-state index contributed by atoms with van der Waals surface area (Å²) in [4.78, 5) is 15.1. The van der Waals surface area contributed by atoms with Gasteiger partial charge in [0.25, 0.3) is 0 Å². The Morgan fingerprint density at radius 3 is 2.65 bits per heavy atom. The van der Waals surface area contributed by atoms with Gasteiger partial charge in [-0.05, 0) is 37.0 Å². The molecule has 3 heteroatoms. The molecular weight excluding hydrogens is 284 g/mol. The summed E-state index contributed by atoms with van der Waals surface area (Å²) in [5.41, 5.74) is 3.41. The molecule has 118 valence electrons. The minimum absolute atomic E-state index is 0.123. The molecule has 2 aromatic carbocycles. The monoisotopic (exact) mass is 306 g/mol. The minimum atomic E-state index is 0.123. The molecule has 1 heterocycles. The lowest BCUT2D eigenvalue weighted by Crippen LogP contribution is -2.39. The Labute approximate surface area is 137 Å². The van der Waals surface area contributed by atoms with Crippen LogP contribution in [0.25, 0.3) is 0 Å². The van der Waals surface area contributed by atoms with E-state index in [1.807, 2.05) is 23.1 Å². The molecule has 2 unspecified atom stereocenters. The van der Waals surface area contributed by atoms with Crippen molar-refractivity contribution in [2.45, 2.75) is 31.7 Å². The topological polar surface area (TPSA) is 32.3 Å². The molecule has 1 aliphatic heterocycles. The zero-order valence-electron chi connectivity index (χ0n) is 13.2. The molecule has 0 bridgehead atoms. The average Bonchev–Trinajstić information content (AvgIpc) is 3.01. The SMILES string of the molecule is O=C1C2CCCC2Nc2ccccc2N1CCc1ccccc1. The third-order valence-corrected chi connectivity index (χ3v) is 5.10. The first-order valence-electron chi connectivity index (χ1n) is 8.54. The van der Waals surface area contributed by atoms with E-state index in [1.54, 1.807) is 0 Å². The van der Waals surface area contributed by atoms with E-state index in [9.17, 15) is 4.79 Å². The smallest absolute Gasteiger partial charge is 0.232 e. The highest BCUT2D eigenvalue weighted by molar-refractivity contribution is 6.00. The Balaban J connectivity index is 1.64. The molecule has 3 nitrogen and oxygen atoms in total. The van der Waals surface area contributed by atoms with Gasteiger partial charge in [0.15, 0.2) is 0 Å². The molecule has 2 atom stereocenters. The first kappa shape index (κ1) is 14.3. The summed E-state index contributed by atoms with van der Waals surface area (Å²) >= 11 is 0. The van der Waals surface area contributed by atoms with Crippen LogP contribution in [0, 0.1) is 5.92 Å². The van der Waals surface area contributed by atoms with Crippen molar-refractivity contribution in [3.8, 4) is 0 Å². The predicted molar refractivity (Wildman–Crippen MR) is 93.7 cm³/mol. The summed E-state index contributed by atoms with van der Waals surface area (Å²) in [6, 6.07) is 18.9. The summed E-state index contributed by atoms with van der Waals surface area (Å²) in [7, 11) is 0. The first-order chi connectivity index (χ1) is 11.3. The van der Waals surface area contributed by atoms with E-state index in [0.29, 0.717) is 11.9 Å². The number of fused-ring (bicyclic) bond motifs is 2. The molecule has 1 fully saturated rings. The Hall–Kier alpha value is -2.29. The fourth-order valence-corrected chi connectivity index (χ4v) is 3.89. The lowest BCUT2D eigenvalue weighted by Gasteiger charge is -2.25. The van der Waals surface area contributed by atoms with Gasteiger partial charge in [0, 0.05) is 12.6 Å². The number of hydrogen-bond acceptors (Lipinski definition) is 2. The summed E-state index contributed by atoms with van der Waals surface area (Å²) in [5.74, 6) is 0.416. The van der Waals surface area contributed by atoms with E-state index in [2.05, 4.69) is 41.7 Å². The zero-order valence-corrected chi connectivity index (χ0v) is 13.2. The third kappa shape index (κ3) is 2.72. The number of benzene rings is 2. The van der Waals surface area contributed by atoms with Crippen molar-refractivity contribution in [1.29, 1.82) is 0 Å². The van der Waals surface area contributed by atoms with Crippen molar-refractivity contribution in [2.24, 2.45) is 5.92 Å². The van der Waals surface area contributed by atoms with Gasteiger partial charge in [0.05, 0.1) is 17.3 Å². The highest BCUT2D eigenvalue weighted by atomic mass is 16.2. The Morgan fingerprint density at radius 2 is 1.78 bits per heavy atom. The van der Waals surface area contributed by atoms with Gasteiger partial charge in [-0.1, -0.05) is 48.9 Å². The Bertz CT molecular complexity index is 698. The van der Waals surface area contributed by atoms with E-state index >= 15 is 0 Å². The van der Waals surface area contributed by atoms with Gasteiger partial charge in [-0.15, -0.1) is 0 Å². The summed E-state index contributed by atoms with van der Waals surface area (Å²) < 4.78 is 0. The molecule has 2 aromatic rings. The van der Waals surface area contributed by atoms with Gasteiger partial charge in [0.2, 0.25) is 5.91 Å². The summed E-state index contributed by atoms with van der Waals surface area (Å²) in [5, 5.41) is 3.62. The van der Waals surface area contributed by atoms with Crippen molar-refractivity contribution in [1.82, 2.24) is 0 Å². The molecule has 1 saturated carbocycles. The van der Waals surface area contributed by atoms with Crippen molar-refractivity contribution in [3.63, 3.8) is 0 Å². The second kappa shape index (κ2) is 6.07. The third-order valence-electron chi connectivity index (χ3n) is 5.10. The molecule has 0 radical (unpaired) electrons. The first-order valence-corrected chi connectivity index (χ1v) is 8.54. The van der Waals surface area contributed by atoms with Gasteiger partial charge in [-0.3, -0.25) is 4.79 Å². The quantitative estimate of drug-likeness (QED) is 0.934. The number of carbonyl (C=O) groups excluding carboxylic acids is 1. The molecule has 1 N–H and O–H groups in total. The number of carbonyl (C=O) groups is 1. The molecule has 1 aliphatic carbocycles. The number of nitrogens with one attached hydrogen (secondary N) is 1. The van der Waals surface area contributed by atoms with E-state index in [1.165, 1.54) is 5.56 Å². The largest absolute Gasteiger partial charge is 0.380 e. The van der Waals surface area contributed by atoms with Crippen molar-refractivity contribution < 1.29 is 4.79 Å². The maximum absolute atomic E-state index is 13.1. The molecule has 0 aromatic heterocycles. The standard InChI is InChI=1S/C20H22N2O/c23-20-16-9-6-11-17(16)21-18-10-4-5-12-19(18)22(20)14-13-15-7-2-1-3-8-15/h1-5,7-8,10,12,16-17,21H,6,9,11,13-14H2. The second-order valence-electron chi connectivity index (χ2n) is 6.53. The zero-order chi connectivity index (χ0) is 15.6. The van der Waals surface area contributed by atoms with Crippen LogP contribution < -0.4 is 10.2 Å².